The predicted octanol–water partition coefficient (Wildman–Crippen LogP) is 10.8. The van der Waals surface area contributed by atoms with E-state index < -0.39 is 0 Å². The van der Waals surface area contributed by atoms with Crippen molar-refractivity contribution in [2.75, 3.05) is 0 Å². The highest BCUT2D eigenvalue weighted by atomic mass is 16.3. The monoisotopic (exact) mass is 525 g/mol. The molecule has 3 aromatic heterocycles. The molecule has 0 saturated carbocycles. The molecule has 0 unspecified atom stereocenters. The van der Waals surface area contributed by atoms with Gasteiger partial charge in [-0.15, -0.1) is 0 Å². The van der Waals surface area contributed by atoms with Crippen LogP contribution in [0.4, 0.5) is 0 Å². The normalized spacial score (nSPS) is 11.9. The van der Waals surface area contributed by atoms with Crippen LogP contribution in [0, 0.1) is 0 Å². The maximum atomic E-state index is 6.65. The third kappa shape index (κ3) is 3.20. The summed E-state index contributed by atoms with van der Waals surface area (Å²) in [5.74, 6) is 0. The zero-order valence-corrected chi connectivity index (χ0v) is 22.0. The van der Waals surface area contributed by atoms with Crippen LogP contribution in [0.15, 0.2) is 148 Å². The van der Waals surface area contributed by atoms with Crippen molar-refractivity contribution in [2.24, 2.45) is 0 Å². The summed E-state index contributed by atoms with van der Waals surface area (Å²) in [5.41, 5.74) is 11.4. The standard InChI is InChI=1S/C38H23NO2/c1-2-11-25(12-3-1)39-33-19-8-6-16-31(33)38-36(39)32-22-21-24(23-35(32)41-38)26-13-4-5-14-27(26)29-17-10-18-30-28-15-7-9-20-34(28)40-37(29)30/h1-23H. The number of benzene rings is 6. The van der Waals surface area contributed by atoms with Crippen LogP contribution in [-0.4, -0.2) is 4.57 Å². The lowest BCUT2D eigenvalue weighted by Gasteiger charge is -2.11. The van der Waals surface area contributed by atoms with Crippen LogP contribution in [0.1, 0.15) is 0 Å². The average Bonchev–Trinajstić information content (AvgIpc) is 3.70. The molecule has 6 aromatic carbocycles. The lowest BCUT2D eigenvalue weighted by Crippen LogP contribution is -1.92. The molecule has 0 atom stereocenters. The first-order chi connectivity index (χ1) is 20.3. The van der Waals surface area contributed by atoms with Gasteiger partial charge in [0.15, 0.2) is 5.58 Å². The largest absolute Gasteiger partial charge is 0.455 e. The Hall–Kier alpha value is -5.54. The number of aromatic nitrogens is 1. The van der Waals surface area contributed by atoms with E-state index in [2.05, 4.69) is 132 Å². The molecule has 0 aliphatic rings. The molecule has 0 amide bonds. The Balaban J connectivity index is 1.28. The maximum absolute atomic E-state index is 6.65. The van der Waals surface area contributed by atoms with Gasteiger partial charge >= 0.3 is 0 Å². The first kappa shape index (κ1) is 22.3. The molecule has 9 rings (SSSR count). The molecule has 41 heavy (non-hydrogen) atoms. The van der Waals surface area contributed by atoms with Crippen LogP contribution in [0.5, 0.6) is 0 Å². The highest BCUT2D eigenvalue weighted by Crippen LogP contribution is 2.43. The fraction of sp³-hybridized carbons (Fsp3) is 0. The van der Waals surface area contributed by atoms with Crippen molar-refractivity contribution in [1.29, 1.82) is 0 Å². The second-order valence-corrected chi connectivity index (χ2v) is 10.5. The minimum atomic E-state index is 0.875. The molecule has 9 aromatic rings. The van der Waals surface area contributed by atoms with Crippen molar-refractivity contribution in [2.45, 2.75) is 0 Å². The van der Waals surface area contributed by atoms with Crippen LogP contribution < -0.4 is 0 Å². The lowest BCUT2D eigenvalue weighted by atomic mass is 9.93. The van der Waals surface area contributed by atoms with Crippen molar-refractivity contribution >= 4 is 54.9 Å². The first-order valence-electron chi connectivity index (χ1n) is 13.9. The summed E-state index contributed by atoms with van der Waals surface area (Å²) < 4.78 is 15.4. The van der Waals surface area contributed by atoms with E-state index in [-0.39, 0.29) is 0 Å². The van der Waals surface area contributed by atoms with Gasteiger partial charge in [-0.05, 0) is 59.2 Å². The number of nitrogens with zero attached hydrogens (tertiary/aromatic N) is 1. The van der Waals surface area contributed by atoms with Crippen LogP contribution in [0.2, 0.25) is 0 Å². The van der Waals surface area contributed by atoms with Gasteiger partial charge in [-0.2, -0.15) is 0 Å². The van der Waals surface area contributed by atoms with Gasteiger partial charge in [-0.1, -0.05) is 97.1 Å². The number of furan rings is 2. The molecule has 0 fully saturated rings. The number of hydrogen-bond donors (Lipinski definition) is 0. The Kier molecular flexibility index (Phi) is 4.61. The van der Waals surface area contributed by atoms with Crippen molar-refractivity contribution in [3.63, 3.8) is 0 Å². The fourth-order valence-corrected chi connectivity index (χ4v) is 6.41. The summed E-state index contributed by atoms with van der Waals surface area (Å²) in [6, 6.07) is 48.7. The molecule has 0 bridgehead atoms. The molecule has 3 heterocycles. The summed E-state index contributed by atoms with van der Waals surface area (Å²) in [6.07, 6.45) is 0. The van der Waals surface area contributed by atoms with Crippen molar-refractivity contribution < 1.29 is 8.83 Å². The Bertz CT molecular complexity index is 2420. The Morgan fingerprint density at radius 3 is 2.00 bits per heavy atom. The Morgan fingerprint density at radius 2 is 1.10 bits per heavy atom. The van der Waals surface area contributed by atoms with E-state index in [1.807, 2.05) is 12.1 Å². The molecule has 0 aliphatic carbocycles. The zero-order valence-electron chi connectivity index (χ0n) is 22.0. The van der Waals surface area contributed by atoms with E-state index in [1.54, 1.807) is 0 Å². The summed E-state index contributed by atoms with van der Waals surface area (Å²) in [7, 11) is 0. The summed E-state index contributed by atoms with van der Waals surface area (Å²) in [5, 5.41) is 4.48. The third-order valence-corrected chi connectivity index (χ3v) is 8.22. The fourth-order valence-electron chi connectivity index (χ4n) is 6.41. The van der Waals surface area contributed by atoms with Crippen molar-refractivity contribution in [1.82, 2.24) is 4.57 Å². The second-order valence-electron chi connectivity index (χ2n) is 10.5. The van der Waals surface area contributed by atoms with Crippen LogP contribution >= 0.6 is 0 Å². The number of para-hydroxylation sites is 4. The highest BCUT2D eigenvalue weighted by Gasteiger charge is 2.20. The number of hydrogen-bond acceptors (Lipinski definition) is 2. The molecule has 0 radical (unpaired) electrons. The van der Waals surface area contributed by atoms with E-state index in [4.69, 9.17) is 8.83 Å². The molecule has 192 valence electrons. The molecule has 3 nitrogen and oxygen atoms in total. The highest BCUT2D eigenvalue weighted by molar-refractivity contribution is 6.17. The molecular weight excluding hydrogens is 502 g/mol. The average molecular weight is 526 g/mol. The lowest BCUT2D eigenvalue weighted by molar-refractivity contribution is 0.670. The van der Waals surface area contributed by atoms with Gasteiger partial charge in [-0.25, -0.2) is 0 Å². The summed E-state index contributed by atoms with van der Waals surface area (Å²) in [4.78, 5) is 0. The molecule has 0 aliphatic heterocycles. The molecular formula is C38H23NO2. The topological polar surface area (TPSA) is 31.2 Å². The minimum absolute atomic E-state index is 0.875. The minimum Gasteiger partial charge on any atom is -0.455 e. The van der Waals surface area contributed by atoms with Crippen LogP contribution in [-0.2, 0) is 0 Å². The zero-order chi connectivity index (χ0) is 26.9. The summed E-state index contributed by atoms with van der Waals surface area (Å²) in [6.45, 7) is 0. The Morgan fingerprint density at radius 1 is 0.415 bits per heavy atom. The summed E-state index contributed by atoms with van der Waals surface area (Å²) >= 11 is 0. The van der Waals surface area contributed by atoms with Gasteiger partial charge in [-0.3, -0.25) is 0 Å². The Labute approximate surface area is 235 Å². The van der Waals surface area contributed by atoms with E-state index in [9.17, 15) is 0 Å². The molecule has 0 saturated heterocycles. The number of fused-ring (bicyclic) bond motifs is 8. The molecule has 0 spiro atoms. The second kappa shape index (κ2) is 8.48. The molecule has 0 N–H and O–H groups in total. The van der Waals surface area contributed by atoms with E-state index in [0.717, 1.165) is 82.9 Å². The van der Waals surface area contributed by atoms with Gasteiger partial charge in [0.25, 0.3) is 0 Å². The van der Waals surface area contributed by atoms with Gasteiger partial charge in [0.2, 0.25) is 0 Å². The van der Waals surface area contributed by atoms with Crippen molar-refractivity contribution in [3.8, 4) is 27.9 Å². The van der Waals surface area contributed by atoms with Gasteiger partial charge in [0.1, 0.15) is 22.3 Å². The van der Waals surface area contributed by atoms with Crippen LogP contribution in [0.3, 0.4) is 0 Å². The van der Waals surface area contributed by atoms with E-state index >= 15 is 0 Å². The third-order valence-electron chi connectivity index (χ3n) is 8.22. The van der Waals surface area contributed by atoms with E-state index in [1.165, 1.54) is 0 Å². The van der Waals surface area contributed by atoms with Crippen molar-refractivity contribution in [3.05, 3.63) is 140 Å². The van der Waals surface area contributed by atoms with Gasteiger partial charge in [0.05, 0.1) is 5.52 Å². The maximum Gasteiger partial charge on any atom is 0.161 e. The quantitative estimate of drug-likeness (QED) is 0.230. The first-order valence-corrected chi connectivity index (χ1v) is 13.9. The smallest absolute Gasteiger partial charge is 0.161 e. The predicted molar refractivity (Wildman–Crippen MR) is 169 cm³/mol. The van der Waals surface area contributed by atoms with Gasteiger partial charge in [0, 0.05) is 32.8 Å². The van der Waals surface area contributed by atoms with Gasteiger partial charge < -0.3 is 13.4 Å². The number of rotatable bonds is 3. The molecule has 3 heteroatoms. The SMILES string of the molecule is c1ccc(-n2c3ccccc3c3oc4cc(-c5ccccc5-c5cccc6c5oc5ccccc56)ccc4c32)cc1. The van der Waals surface area contributed by atoms with Crippen LogP contribution in [0.25, 0.3) is 82.9 Å². The van der Waals surface area contributed by atoms with E-state index in [0.29, 0.717) is 0 Å².